The first kappa shape index (κ1) is 22.5. The monoisotopic (exact) mass is 481 g/mol. The number of benzene rings is 1. The van der Waals surface area contributed by atoms with Gasteiger partial charge in [-0.2, -0.15) is 5.10 Å². The van der Waals surface area contributed by atoms with Crippen LogP contribution in [0.25, 0.3) is 21.9 Å². The average Bonchev–Trinajstić information content (AvgIpc) is 3.57. The normalized spacial score (nSPS) is 19.4. The second-order valence-corrected chi connectivity index (χ2v) is 10.1. The van der Waals surface area contributed by atoms with Crippen LogP contribution in [0.3, 0.4) is 0 Å². The number of aromatic nitrogens is 4. The van der Waals surface area contributed by atoms with Crippen LogP contribution in [-0.2, 0) is 11.8 Å². The zero-order valence-corrected chi connectivity index (χ0v) is 20.7. The number of pyridine rings is 2. The van der Waals surface area contributed by atoms with Gasteiger partial charge in [0, 0.05) is 61.3 Å². The molecule has 4 heterocycles. The van der Waals surface area contributed by atoms with Gasteiger partial charge in [0.25, 0.3) is 0 Å². The number of aryl methyl sites for hydroxylation is 2. The lowest BCUT2D eigenvalue weighted by atomic mass is 9.97. The highest BCUT2D eigenvalue weighted by atomic mass is 16.2. The second kappa shape index (κ2) is 8.93. The maximum absolute atomic E-state index is 12.9. The van der Waals surface area contributed by atoms with Gasteiger partial charge in [0.2, 0.25) is 5.91 Å². The predicted octanol–water partition coefficient (Wildman–Crippen LogP) is 4.65. The van der Waals surface area contributed by atoms with E-state index in [-0.39, 0.29) is 17.7 Å². The summed E-state index contributed by atoms with van der Waals surface area (Å²) in [6.07, 6.45) is 11.9. The zero-order chi connectivity index (χ0) is 24.8. The summed E-state index contributed by atoms with van der Waals surface area (Å²) in [5.41, 5.74) is 11.6. The third-order valence-electron chi connectivity index (χ3n) is 7.48. The molecule has 184 valence electrons. The first-order chi connectivity index (χ1) is 17.5. The molecule has 1 aliphatic heterocycles. The number of nitrogens with two attached hydrogens (primary N) is 1. The van der Waals surface area contributed by atoms with Gasteiger partial charge in [-0.05, 0) is 84.9 Å². The number of carbonyl (C=O) groups excluding carboxylic acids is 1. The van der Waals surface area contributed by atoms with Crippen molar-refractivity contribution in [2.24, 2.45) is 13.0 Å². The largest absolute Gasteiger partial charge is 0.398 e. The molecule has 0 radical (unpaired) electrons. The predicted molar refractivity (Wildman–Crippen MR) is 143 cm³/mol. The smallest absolute Gasteiger partial charge is 0.229 e. The minimum Gasteiger partial charge on any atom is -0.398 e. The third-order valence-corrected chi connectivity index (χ3v) is 7.48. The van der Waals surface area contributed by atoms with Crippen LogP contribution in [0.15, 0.2) is 49.1 Å². The quantitative estimate of drug-likeness (QED) is 0.402. The Morgan fingerprint density at radius 1 is 1.11 bits per heavy atom. The van der Waals surface area contributed by atoms with E-state index >= 15 is 0 Å². The molecule has 3 N–H and O–H groups in total. The topological polar surface area (TPSA) is 102 Å². The van der Waals surface area contributed by atoms with E-state index in [9.17, 15) is 4.79 Å². The number of anilines is 3. The number of nitrogen functional groups attached to an aromatic ring is 1. The summed E-state index contributed by atoms with van der Waals surface area (Å²) < 4.78 is 1.77. The highest BCUT2D eigenvalue weighted by Crippen LogP contribution is 2.48. The second-order valence-electron chi connectivity index (χ2n) is 10.1. The summed E-state index contributed by atoms with van der Waals surface area (Å²) in [4.78, 5) is 24.5. The van der Waals surface area contributed by atoms with Gasteiger partial charge < -0.3 is 16.0 Å². The molecular weight excluding hydrogens is 450 g/mol. The summed E-state index contributed by atoms with van der Waals surface area (Å²) in [6.45, 7) is 4.17. The van der Waals surface area contributed by atoms with Crippen molar-refractivity contribution in [3.8, 4) is 11.1 Å². The van der Waals surface area contributed by atoms with E-state index in [4.69, 9.17) is 10.7 Å². The fourth-order valence-electron chi connectivity index (χ4n) is 5.45. The molecule has 4 aromatic rings. The number of nitrogens with one attached hydrogen (secondary N) is 1. The fraction of sp³-hybridized carbons (Fsp3) is 0.357. The number of carbonyl (C=O) groups is 1. The molecule has 1 aliphatic carbocycles. The van der Waals surface area contributed by atoms with Crippen LogP contribution in [0, 0.1) is 12.8 Å². The van der Waals surface area contributed by atoms with E-state index in [1.807, 2.05) is 37.8 Å². The molecule has 2 atom stereocenters. The number of piperidine rings is 1. The van der Waals surface area contributed by atoms with E-state index in [0.717, 1.165) is 52.8 Å². The van der Waals surface area contributed by atoms with Crippen LogP contribution in [0.1, 0.15) is 42.7 Å². The molecular formula is C28H31N7O. The van der Waals surface area contributed by atoms with Crippen LogP contribution >= 0.6 is 0 Å². The number of amides is 1. The van der Waals surface area contributed by atoms with Crippen molar-refractivity contribution in [1.82, 2.24) is 19.7 Å². The molecule has 3 aromatic heterocycles. The van der Waals surface area contributed by atoms with Crippen LogP contribution in [0.5, 0.6) is 0 Å². The summed E-state index contributed by atoms with van der Waals surface area (Å²) in [6, 6.07) is 8.12. The maximum atomic E-state index is 12.9. The Balaban J connectivity index is 1.30. The van der Waals surface area contributed by atoms with E-state index in [1.165, 1.54) is 24.8 Å². The first-order valence-corrected chi connectivity index (χ1v) is 12.7. The number of hydrogen-bond donors (Lipinski definition) is 2. The van der Waals surface area contributed by atoms with Crippen LogP contribution in [0.2, 0.25) is 0 Å². The molecule has 1 aromatic carbocycles. The van der Waals surface area contributed by atoms with Gasteiger partial charge >= 0.3 is 0 Å². The van der Waals surface area contributed by atoms with Crippen LogP contribution < -0.4 is 16.0 Å². The molecule has 36 heavy (non-hydrogen) atoms. The molecule has 2 unspecified atom stereocenters. The molecule has 2 fully saturated rings. The molecule has 8 nitrogen and oxygen atoms in total. The summed E-state index contributed by atoms with van der Waals surface area (Å²) >= 11 is 0. The molecule has 1 amide bonds. The van der Waals surface area contributed by atoms with Crippen molar-refractivity contribution in [3.63, 3.8) is 0 Å². The van der Waals surface area contributed by atoms with Gasteiger partial charge in [-0.25, -0.2) is 9.97 Å². The molecule has 0 bridgehead atoms. The lowest BCUT2D eigenvalue weighted by Gasteiger charge is -2.30. The third kappa shape index (κ3) is 4.17. The maximum Gasteiger partial charge on any atom is 0.229 e. The molecule has 8 heteroatoms. The van der Waals surface area contributed by atoms with Crippen LogP contribution in [-0.4, -0.2) is 38.7 Å². The average molecular weight is 482 g/mol. The first-order valence-electron chi connectivity index (χ1n) is 12.7. The Morgan fingerprint density at radius 3 is 2.72 bits per heavy atom. The lowest BCUT2D eigenvalue weighted by molar-refractivity contribution is -0.117. The van der Waals surface area contributed by atoms with E-state index in [1.54, 1.807) is 10.9 Å². The van der Waals surface area contributed by atoms with Gasteiger partial charge in [0.15, 0.2) is 0 Å². The molecule has 0 spiro atoms. The molecule has 6 rings (SSSR count). The van der Waals surface area contributed by atoms with E-state index in [0.29, 0.717) is 11.5 Å². The van der Waals surface area contributed by atoms with Crippen molar-refractivity contribution in [3.05, 3.63) is 60.2 Å². The fourth-order valence-corrected chi connectivity index (χ4v) is 5.45. The van der Waals surface area contributed by atoms with Gasteiger partial charge in [-0.3, -0.25) is 9.48 Å². The minimum absolute atomic E-state index is 0.00434. The standard InChI is InChI=1S/C28H31N7O/c1-17-6-7-30-27(35-8-4-3-5-9-35)26(17)19-10-18-12-25(31-15-23(18)24(29)11-19)33-28(36)22-13-21(22)20-14-32-34(2)16-20/h6-7,10-12,14-16,21-22H,3-5,8-9,13,29H2,1-2H3,(H,31,33,36). The van der Waals surface area contributed by atoms with Crippen molar-refractivity contribution >= 4 is 34.0 Å². The summed E-state index contributed by atoms with van der Waals surface area (Å²) in [7, 11) is 1.89. The van der Waals surface area contributed by atoms with Crippen molar-refractivity contribution < 1.29 is 4.79 Å². The Bertz CT molecular complexity index is 1450. The van der Waals surface area contributed by atoms with E-state index in [2.05, 4.69) is 39.4 Å². The van der Waals surface area contributed by atoms with Crippen molar-refractivity contribution in [1.29, 1.82) is 0 Å². The van der Waals surface area contributed by atoms with Gasteiger partial charge in [-0.15, -0.1) is 0 Å². The highest BCUT2D eigenvalue weighted by Gasteiger charge is 2.44. The summed E-state index contributed by atoms with van der Waals surface area (Å²) in [5, 5.41) is 9.06. The van der Waals surface area contributed by atoms with Crippen molar-refractivity contribution in [2.75, 3.05) is 29.0 Å². The van der Waals surface area contributed by atoms with Gasteiger partial charge in [-0.1, -0.05) is 0 Å². The van der Waals surface area contributed by atoms with Crippen molar-refractivity contribution in [2.45, 2.75) is 38.5 Å². The molecule has 2 aliphatic rings. The highest BCUT2D eigenvalue weighted by molar-refractivity contribution is 6.01. The Labute approximate surface area is 210 Å². The minimum atomic E-state index is -0.0479. The Morgan fingerprint density at radius 2 is 1.94 bits per heavy atom. The van der Waals surface area contributed by atoms with Gasteiger partial charge in [0.1, 0.15) is 11.6 Å². The zero-order valence-electron chi connectivity index (χ0n) is 20.7. The molecule has 1 saturated carbocycles. The van der Waals surface area contributed by atoms with Crippen LogP contribution in [0.4, 0.5) is 17.3 Å². The number of fused-ring (bicyclic) bond motifs is 1. The Kier molecular flexibility index (Phi) is 5.59. The molecule has 1 saturated heterocycles. The number of hydrogen-bond acceptors (Lipinski definition) is 6. The van der Waals surface area contributed by atoms with Gasteiger partial charge in [0.05, 0.1) is 6.20 Å². The number of nitrogens with zero attached hydrogens (tertiary/aromatic N) is 5. The lowest BCUT2D eigenvalue weighted by Crippen LogP contribution is -2.30. The SMILES string of the molecule is Cc1ccnc(N2CCCCC2)c1-c1cc(N)c2cnc(NC(=O)C3CC3c3cnn(C)c3)cc2c1. The van der Waals surface area contributed by atoms with E-state index < -0.39 is 0 Å². The Hall–Kier alpha value is -3.94. The summed E-state index contributed by atoms with van der Waals surface area (Å²) in [5.74, 6) is 1.73. The number of rotatable bonds is 5.